The van der Waals surface area contributed by atoms with Gasteiger partial charge in [0.05, 0.1) is 45.1 Å². The fourth-order valence-electron chi connectivity index (χ4n) is 3.15. The topological polar surface area (TPSA) is 125 Å². The highest BCUT2D eigenvalue weighted by Gasteiger charge is 2.37. The molecule has 142 valence electrons. The van der Waals surface area contributed by atoms with Gasteiger partial charge in [-0.05, 0) is 6.07 Å². The lowest BCUT2D eigenvalue weighted by molar-refractivity contribution is 0.180. The summed E-state index contributed by atoms with van der Waals surface area (Å²) in [6.07, 6.45) is 0. The zero-order valence-corrected chi connectivity index (χ0v) is 15.5. The van der Waals surface area contributed by atoms with Crippen LogP contribution in [0.4, 0.5) is 0 Å². The standard InChI is InChI=1S/C18H20N4O5/c1-23-8-11-16-15(10(7-19)17(20)27-18(16)22-21-11)9-5-13(25-3)14(26-4)6-12(9)24-2/h5-6,15H,8,20H2,1-4H3,(H,21,22)/t15-/m1/s1. The second kappa shape index (κ2) is 7.47. The van der Waals surface area contributed by atoms with E-state index in [0.29, 0.717) is 39.9 Å². The molecule has 1 atom stereocenters. The molecule has 0 bridgehead atoms. The zero-order valence-electron chi connectivity index (χ0n) is 15.5. The Morgan fingerprint density at radius 2 is 1.81 bits per heavy atom. The summed E-state index contributed by atoms with van der Waals surface area (Å²) in [5, 5.41) is 16.8. The molecular weight excluding hydrogens is 352 g/mol. The van der Waals surface area contributed by atoms with Crippen molar-refractivity contribution in [3.05, 3.63) is 40.4 Å². The molecule has 3 N–H and O–H groups in total. The highest BCUT2D eigenvalue weighted by atomic mass is 16.5. The van der Waals surface area contributed by atoms with Crippen molar-refractivity contribution in [2.75, 3.05) is 28.4 Å². The Morgan fingerprint density at radius 1 is 1.15 bits per heavy atom. The maximum atomic E-state index is 9.74. The highest BCUT2D eigenvalue weighted by molar-refractivity contribution is 5.61. The van der Waals surface area contributed by atoms with Gasteiger partial charge in [-0.15, -0.1) is 5.10 Å². The fourth-order valence-corrected chi connectivity index (χ4v) is 3.15. The minimum atomic E-state index is -0.572. The first-order valence-corrected chi connectivity index (χ1v) is 8.03. The molecule has 0 amide bonds. The van der Waals surface area contributed by atoms with E-state index in [0.717, 1.165) is 0 Å². The van der Waals surface area contributed by atoms with Crippen LogP contribution in [0, 0.1) is 11.3 Å². The quantitative estimate of drug-likeness (QED) is 0.786. The van der Waals surface area contributed by atoms with Crippen molar-refractivity contribution in [2.24, 2.45) is 5.73 Å². The van der Waals surface area contributed by atoms with E-state index in [1.807, 2.05) is 0 Å². The summed E-state index contributed by atoms with van der Waals surface area (Å²) in [6.45, 7) is 0.260. The minimum absolute atomic E-state index is 0.0118. The average Bonchev–Trinajstić information content (AvgIpc) is 3.08. The minimum Gasteiger partial charge on any atom is -0.496 e. The van der Waals surface area contributed by atoms with Crippen molar-refractivity contribution in [1.82, 2.24) is 10.2 Å². The van der Waals surface area contributed by atoms with Gasteiger partial charge < -0.3 is 29.4 Å². The molecule has 2 aromatic rings. The predicted octanol–water partition coefficient (Wildman–Crippen LogP) is 1.80. The predicted molar refractivity (Wildman–Crippen MR) is 94.7 cm³/mol. The summed E-state index contributed by atoms with van der Waals surface area (Å²) in [4.78, 5) is 0. The Hall–Kier alpha value is -3.38. The number of hydrogen-bond donors (Lipinski definition) is 2. The van der Waals surface area contributed by atoms with Gasteiger partial charge in [-0.1, -0.05) is 0 Å². The van der Waals surface area contributed by atoms with Crippen molar-refractivity contribution in [3.63, 3.8) is 0 Å². The van der Waals surface area contributed by atoms with Crippen LogP contribution in [0.3, 0.4) is 0 Å². The lowest BCUT2D eigenvalue weighted by Crippen LogP contribution is -2.22. The molecular formula is C18H20N4O5. The molecule has 3 rings (SSSR count). The average molecular weight is 372 g/mol. The Labute approximate surface area is 156 Å². The van der Waals surface area contributed by atoms with Crippen LogP contribution in [0.25, 0.3) is 0 Å². The van der Waals surface area contributed by atoms with Gasteiger partial charge >= 0.3 is 0 Å². The largest absolute Gasteiger partial charge is 0.496 e. The monoisotopic (exact) mass is 372 g/mol. The van der Waals surface area contributed by atoms with E-state index in [2.05, 4.69) is 16.3 Å². The van der Waals surface area contributed by atoms with E-state index < -0.39 is 5.92 Å². The van der Waals surface area contributed by atoms with Gasteiger partial charge in [-0.25, -0.2) is 0 Å². The first-order valence-electron chi connectivity index (χ1n) is 8.03. The number of nitrogens with one attached hydrogen (secondary N) is 1. The third kappa shape index (κ3) is 3.00. The normalized spacial score (nSPS) is 15.6. The molecule has 2 heterocycles. The third-order valence-electron chi connectivity index (χ3n) is 4.35. The van der Waals surface area contributed by atoms with Gasteiger partial charge in [0, 0.05) is 18.7 Å². The Balaban J connectivity index is 2.29. The summed E-state index contributed by atoms with van der Waals surface area (Å²) in [7, 11) is 6.18. The van der Waals surface area contributed by atoms with E-state index in [-0.39, 0.29) is 18.1 Å². The number of rotatable bonds is 6. The van der Waals surface area contributed by atoms with Crippen LogP contribution in [0.2, 0.25) is 0 Å². The van der Waals surface area contributed by atoms with Crippen molar-refractivity contribution in [2.45, 2.75) is 12.5 Å². The Kier molecular flexibility index (Phi) is 5.09. The second-order valence-corrected chi connectivity index (χ2v) is 5.73. The smallest absolute Gasteiger partial charge is 0.244 e. The number of hydrogen-bond acceptors (Lipinski definition) is 8. The lowest BCUT2D eigenvalue weighted by Gasteiger charge is -2.26. The van der Waals surface area contributed by atoms with Crippen molar-refractivity contribution < 1.29 is 23.7 Å². The summed E-state index contributed by atoms with van der Waals surface area (Å²) >= 11 is 0. The Morgan fingerprint density at radius 3 is 2.41 bits per heavy atom. The summed E-state index contributed by atoms with van der Waals surface area (Å²) in [6, 6.07) is 5.59. The molecule has 1 aliphatic rings. The first kappa shape index (κ1) is 18.4. The number of nitrogens with two attached hydrogens (primary N) is 1. The number of aromatic amines is 1. The van der Waals surface area contributed by atoms with E-state index in [1.165, 1.54) is 21.3 Å². The first-order chi connectivity index (χ1) is 13.1. The Bertz CT molecular complexity index is 929. The van der Waals surface area contributed by atoms with E-state index in [4.69, 9.17) is 29.4 Å². The van der Waals surface area contributed by atoms with Crippen molar-refractivity contribution in [3.8, 4) is 29.2 Å². The molecule has 1 aromatic heterocycles. The summed E-state index contributed by atoms with van der Waals surface area (Å²) in [5.74, 6) is 1.22. The van der Waals surface area contributed by atoms with Crippen molar-refractivity contribution in [1.29, 1.82) is 5.26 Å². The van der Waals surface area contributed by atoms with Crippen molar-refractivity contribution >= 4 is 0 Å². The molecule has 9 heteroatoms. The van der Waals surface area contributed by atoms with Crippen LogP contribution in [-0.4, -0.2) is 38.6 Å². The molecule has 9 nitrogen and oxygen atoms in total. The maximum absolute atomic E-state index is 9.74. The molecule has 0 saturated carbocycles. The number of nitriles is 1. The molecule has 0 radical (unpaired) electrons. The van der Waals surface area contributed by atoms with Gasteiger partial charge in [0.25, 0.3) is 0 Å². The molecule has 1 aliphatic heterocycles. The number of ether oxygens (including phenoxy) is 5. The molecule has 0 saturated heterocycles. The number of H-pyrrole nitrogens is 1. The van der Waals surface area contributed by atoms with E-state index >= 15 is 0 Å². The van der Waals surface area contributed by atoms with Gasteiger partial charge in [-0.3, -0.25) is 5.10 Å². The van der Waals surface area contributed by atoms with Crippen LogP contribution in [0.5, 0.6) is 23.1 Å². The number of nitrogens with zero attached hydrogens (tertiary/aromatic N) is 2. The van der Waals surface area contributed by atoms with Gasteiger partial charge in [-0.2, -0.15) is 5.26 Å². The van der Waals surface area contributed by atoms with Crippen LogP contribution in [0.15, 0.2) is 23.6 Å². The molecule has 27 heavy (non-hydrogen) atoms. The molecule has 0 aliphatic carbocycles. The van der Waals surface area contributed by atoms with Gasteiger partial charge in [0.2, 0.25) is 11.8 Å². The lowest BCUT2D eigenvalue weighted by atomic mass is 9.83. The fraction of sp³-hybridized carbons (Fsp3) is 0.333. The third-order valence-corrected chi connectivity index (χ3v) is 4.35. The number of aromatic nitrogens is 2. The molecule has 0 unspecified atom stereocenters. The maximum Gasteiger partial charge on any atom is 0.244 e. The van der Waals surface area contributed by atoms with Crippen LogP contribution >= 0.6 is 0 Å². The number of fused-ring (bicyclic) bond motifs is 1. The second-order valence-electron chi connectivity index (χ2n) is 5.73. The number of allylic oxidation sites excluding steroid dienone is 1. The highest BCUT2D eigenvalue weighted by Crippen LogP contribution is 2.48. The summed E-state index contributed by atoms with van der Waals surface area (Å²) in [5.41, 5.74) is 8.23. The van der Waals surface area contributed by atoms with Crippen LogP contribution in [-0.2, 0) is 11.3 Å². The van der Waals surface area contributed by atoms with Crippen LogP contribution < -0.4 is 24.7 Å². The zero-order chi connectivity index (χ0) is 19.6. The molecule has 0 spiro atoms. The SMILES string of the molecule is COCc1[nH]nc2c1[C@H](c1cc(OC)c(OC)cc1OC)C(C#N)=C(N)O2. The van der Waals surface area contributed by atoms with Crippen LogP contribution in [0.1, 0.15) is 22.7 Å². The van der Waals surface area contributed by atoms with E-state index in [9.17, 15) is 5.26 Å². The number of benzene rings is 1. The summed E-state index contributed by atoms with van der Waals surface area (Å²) < 4.78 is 27.1. The van der Waals surface area contributed by atoms with Gasteiger partial charge in [0.1, 0.15) is 17.4 Å². The van der Waals surface area contributed by atoms with Gasteiger partial charge in [0.15, 0.2) is 11.5 Å². The number of methoxy groups -OCH3 is 4. The molecule has 1 aromatic carbocycles. The van der Waals surface area contributed by atoms with E-state index in [1.54, 1.807) is 19.2 Å². The molecule has 0 fully saturated rings.